The van der Waals surface area contributed by atoms with E-state index in [1.807, 2.05) is 0 Å². The summed E-state index contributed by atoms with van der Waals surface area (Å²) in [6.07, 6.45) is -3.26. The zero-order valence-corrected chi connectivity index (χ0v) is 45.1. The van der Waals surface area contributed by atoms with Crippen molar-refractivity contribution in [2.24, 2.45) is 5.73 Å². The van der Waals surface area contributed by atoms with Crippen molar-refractivity contribution in [1.29, 1.82) is 0 Å². The Hall–Kier alpha value is -12.1. The van der Waals surface area contributed by atoms with E-state index in [-0.39, 0.29) is 147 Å². The predicted octanol–water partition coefficient (Wildman–Crippen LogP) is -4.01. The summed E-state index contributed by atoms with van der Waals surface area (Å²) in [7, 11) is 0. The van der Waals surface area contributed by atoms with Gasteiger partial charge in [-0.2, -0.15) is 0 Å². The van der Waals surface area contributed by atoms with Crippen LogP contribution in [-0.4, -0.2) is 227 Å². The largest absolute Gasteiger partial charge is 0.508 e. The average Bonchev–Trinajstić information content (AvgIpc) is 3.97. The van der Waals surface area contributed by atoms with Crippen molar-refractivity contribution in [3.05, 3.63) is 155 Å². The maximum Gasteiger partial charge on any atom is 0.335 e. The second kappa shape index (κ2) is 41.0. The second-order valence-corrected chi connectivity index (χ2v) is 15.9. The fourth-order valence-electron chi connectivity index (χ4n) is 5.92. The van der Waals surface area contributed by atoms with E-state index in [1.165, 1.54) is 0 Å². The highest BCUT2D eigenvalue weighted by Gasteiger charge is 2.44. The van der Waals surface area contributed by atoms with Gasteiger partial charge in [0.25, 0.3) is 5.91 Å². The Kier molecular flexibility index (Phi) is 40.6. The van der Waals surface area contributed by atoms with E-state index >= 15 is 0 Å². The van der Waals surface area contributed by atoms with Gasteiger partial charge in [-0.25, -0.2) is 38.4 Å². The number of carbonyl (C=O) groups is 7. The van der Waals surface area contributed by atoms with Crippen molar-refractivity contribution in [1.82, 2.24) is 14.8 Å². The van der Waals surface area contributed by atoms with Crippen LogP contribution in [0.3, 0.4) is 0 Å². The van der Waals surface area contributed by atoms with Gasteiger partial charge in [0.15, 0.2) is 6.23 Å². The van der Waals surface area contributed by atoms with Crippen LogP contribution in [-0.2, 0) is 4.74 Å². The lowest BCUT2D eigenvalue weighted by Gasteiger charge is -2.13. The number of aliphatic hydroxyl groups is 3. The Morgan fingerprint density at radius 2 is 0.556 bits per heavy atom. The third-order valence-electron chi connectivity index (χ3n) is 9.40. The van der Waals surface area contributed by atoms with Gasteiger partial charge in [-0.05, 0) is 72.8 Å². The standard InChI is InChI=1S/C8H12N4O5.6C7H6O4.7H2O/c9-6(16)7-10-2-12(11-7)8-5(15)4(14)3(1-13)17-8;6*8-5-1-4(7(10)11)2-6(9)3-5;;;;;;;/h2-5,8,13-15H,1H2,(H2,9,16);6*1-3,8-9H,(H,10,11);7*1H2/t3-,4-,5-,8-;;;;;;;;;;;;;/m1............./s1. The molecular weight excluding hydrogens is 1230 g/mol. The number of nitrogens with two attached hydrogens (primary N) is 1. The van der Waals surface area contributed by atoms with Gasteiger partial charge < -0.3 is 156 Å². The van der Waals surface area contributed by atoms with Crippen LogP contribution >= 0.6 is 0 Å². The zero-order valence-electron chi connectivity index (χ0n) is 45.1. The monoisotopic (exact) mass is 1290 g/mol. The number of carboxylic acids is 6. The van der Waals surface area contributed by atoms with Crippen LogP contribution in [0.1, 0.15) is 79.0 Å². The highest BCUT2D eigenvalue weighted by atomic mass is 16.6. The molecule has 0 bridgehead atoms. The van der Waals surface area contributed by atoms with Crippen molar-refractivity contribution < 1.29 is 184 Å². The lowest BCUT2D eigenvalue weighted by molar-refractivity contribution is -0.0588. The molecule has 0 unspecified atom stereocenters. The van der Waals surface area contributed by atoms with Gasteiger partial charge in [0.1, 0.15) is 93.6 Å². The molecule has 4 atom stereocenters. The molecule has 40 nitrogen and oxygen atoms in total. The summed E-state index contributed by atoms with van der Waals surface area (Å²) in [4.78, 5) is 76.1. The maximum absolute atomic E-state index is 10.8. The molecule has 1 amide bonds. The highest BCUT2D eigenvalue weighted by Crippen LogP contribution is 2.29. The first kappa shape index (κ1) is 89.1. The molecule has 498 valence electrons. The van der Waals surface area contributed by atoms with Crippen molar-refractivity contribution >= 4 is 41.7 Å². The van der Waals surface area contributed by atoms with Gasteiger partial charge in [0, 0.05) is 36.4 Å². The summed E-state index contributed by atoms with van der Waals surface area (Å²) < 4.78 is 6.25. The Balaban J connectivity index is -0.000000227. The lowest BCUT2D eigenvalue weighted by atomic mass is 10.1. The molecule has 2 heterocycles. The number of phenols is 12. The van der Waals surface area contributed by atoms with Gasteiger partial charge in [-0.1, -0.05) is 0 Å². The smallest absolute Gasteiger partial charge is 0.335 e. The Morgan fingerprint density at radius 1 is 0.367 bits per heavy atom. The van der Waals surface area contributed by atoms with E-state index < -0.39 is 72.9 Å². The number of primary amides is 1. The van der Waals surface area contributed by atoms with Gasteiger partial charge in [0.2, 0.25) is 5.82 Å². The molecule has 8 rings (SSSR count). The average molecular weight is 1300 g/mol. The number of aromatic hydroxyl groups is 12. The van der Waals surface area contributed by atoms with Crippen molar-refractivity contribution in [3.63, 3.8) is 0 Å². The van der Waals surface area contributed by atoms with Crippen molar-refractivity contribution in [3.8, 4) is 69.0 Å². The first-order valence-corrected chi connectivity index (χ1v) is 22.0. The summed E-state index contributed by atoms with van der Waals surface area (Å²) in [5.41, 5.74) is 4.15. The lowest BCUT2D eigenvalue weighted by Crippen LogP contribution is -2.33. The molecule has 37 N–H and O–H groups in total. The van der Waals surface area contributed by atoms with E-state index in [9.17, 15) is 43.8 Å². The van der Waals surface area contributed by atoms with E-state index in [1.54, 1.807) is 0 Å². The molecule has 1 aromatic heterocycles. The summed E-state index contributed by atoms with van der Waals surface area (Å²) in [6, 6.07) is 19.1. The van der Waals surface area contributed by atoms with Crippen molar-refractivity contribution in [2.45, 2.75) is 24.5 Å². The molecule has 1 aliphatic heterocycles. The van der Waals surface area contributed by atoms with Crippen molar-refractivity contribution in [2.75, 3.05) is 6.61 Å². The normalized spacial score (nSPS) is 13.1. The molecule has 0 spiro atoms. The number of hydrogen-bond donors (Lipinski definition) is 22. The number of carboxylic acid groups (broad SMARTS) is 6. The third-order valence-corrected chi connectivity index (χ3v) is 9.40. The second-order valence-electron chi connectivity index (χ2n) is 15.9. The number of aromatic carboxylic acids is 6. The molecule has 1 fully saturated rings. The summed E-state index contributed by atoms with van der Waals surface area (Å²) in [5.74, 6) is -11.3. The minimum Gasteiger partial charge on any atom is -0.508 e. The fraction of sp³-hybridized carbons (Fsp3) is 0.100. The predicted molar refractivity (Wildman–Crippen MR) is 297 cm³/mol. The number of hydrogen-bond acceptors (Lipinski definition) is 25. The molecule has 40 heteroatoms. The van der Waals surface area contributed by atoms with Crippen LogP contribution in [0, 0.1) is 0 Å². The van der Waals surface area contributed by atoms with Crippen LogP contribution in [0.5, 0.6) is 69.0 Å². The van der Waals surface area contributed by atoms with Crippen LogP contribution in [0.15, 0.2) is 116 Å². The molecule has 1 aliphatic rings. The van der Waals surface area contributed by atoms with E-state index in [2.05, 4.69) is 10.1 Å². The topological polar surface area (TPSA) is 831 Å². The highest BCUT2D eigenvalue weighted by molar-refractivity contribution is 5.91. The first-order valence-electron chi connectivity index (χ1n) is 22.0. The number of amides is 1. The molecule has 0 aliphatic carbocycles. The molecule has 90 heavy (non-hydrogen) atoms. The molecule has 1 saturated heterocycles. The number of ether oxygens (including phenoxy) is 1. The maximum atomic E-state index is 10.8. The minimum atomic E-state index is -1.27. The van der Waals surface area contributed by atoms with Gasteiger partial charge in [-0.15, -0.1) is 5.10 Å². The van der Waals surface area contributed by atoms with Crippen LogP contribution in [0.2, 0.25) is 0 Å². The zero-order chi connectivity index (χ0) is 63.2. The Labute approximate surface area is 500 Å². The number of benzene rings is 6. The van der Waals surface area contributed by atoms with Gasteiger partial charge in [0.05, 0.1) is 40.0 Å². The first-order chi connectivity index (χ1) is 38.6. The fourth-order valence-corrected chi connectivity index (χ4v) is 5.92. The van der Waals surface area contributed by atoms with Crippen LogP contribution in [0.25, 0.3) is 0 Å². The van der Waals surface area contributed by atoms with E-state index in [0.717, 1.165) is 120 Å². The summed E-state index contributed by atoms with van der Waals surface area (Å²) in [6.45, 7) is -0.438. The summed E-state index contributed by atoms with van der Waals surface area (Å²) >= 11 is 0. The molecule has 6 aromatic carbocycles. The number of aliphatic hydroxyl groups excluding tert-OH is 3. The van der Waals surface area contributed by atoms with Gasteiger partial charge >= 0.3 is 35.8 Å². The van der Waals surface area contributed by atoms with Crippen LogP contribution < -0.4 is 5.73 Å². The Morgan fingerprint density at radius 3 is 0.689 bits per heavy atom. The third kappa shape index (κ3) is 30.1. The minimum absolute atomic E-state index is 0. The summed E-state index contributed by atoms with van der Waals surface area (Å²) in [5, 5.41) is 188. The van der Waals surface area contributed by atoms with Crippen LogP contribution in [0.4, 0.5) is 0 Å². The quantitative estimate of drug-likeness (QED) is 0.0655. The SMILES string of the molecule is NC(=O)c1ncn([C@@H]2O[C@H](CO)[C@@H](O)[C@H]2O)n1.O.O.O.O.O.O.O.O=C(O)c1cc(O)cc(O)c1.O=C(O)c1cc(O)cc(O)c1.O=C(O)c1cc(O)cc(O)c1.O=C(O)c1cc(O)cc(O)c1.O=C(O)c1cc(O)cc(O)c1.O=C(O)c1cc(O)cc(O)c1. The molecule has 0 saturated carbocycles. The Bertz CT molecular complexity index is 2850. The van der Waals surface area contributed by atoms with E-state index in [0.29, 0.717) is 0 Å². The molecule has 7 aromatic rings. The van der Waals surface area contributed by atoms with Gasteiger partial charge in [-0.3, -0.25) is 4.79 Å². The number of phenolic OH excluding ortho intramolecular Hbond substituents is 12. The number of rotatable bonds is 9. The molecule has 0 radical (unpaired) electrons. The number of carbonyl (C=O) groups excluding carboxylic acids is 1. The van der Waals surface area contributed by atoms with E-state index in [4.69, 9.17) is 107 Å². The number of nitrogens with zero attached hydrogens (tertiary/aromatic N) is 3. The number of aromatic nitrogens is 3. The molecular formula is C50H62N4O36.